The molecule has 0 aliphatic carbocycles. The number of nitrogens with one attached hydrogen (secondary N) is 3. The van der Waals surface area contributed by atoms with Crippen LogP contribution in [-0.2, 0) is 9.47 Å². The highest BCUT2D eigenvalue weighted by Crippen LogP contribution is 2.32. The van der Waals surface area contributed by atoms with Gasteiger partial charge in [-0.2, -0.15) is 0 Å². The summed E-state index contributed by atoms with van der Waals surface area (Å²) >= 11 is 0. The molecule has 0 aliphatic heterocycles. The minimum Gasteiger partial charge on any atom is -0.491 e. The van der Waals surface area contributed by atoms with E-state index in [9.17, 15) is 19.2 Å². The molecule has 1 atom stereocenters. The van der Waals surface area contributed by atoms with Crippen LogP contribution in [0, 0.1) is 5.92 Å². The fourth-order valence-corrected chi connectivity index (χ4v) is 4.33. The van der Waals surface area contributed by atoms with Gasteiger partial charge >= 0.3 is 12.1 Å². The Morgan fingerprint density at radius 1 is 0.680 bits per heavy atom. The van der Waals surface area contributed by atoms with Crippen molar-refractivity contribution in [2.45, 2.75) is 86.5 Å². The summed E-state index contributed by atoms with van der Waals surface area (Å²) in [7, 11) is 1.29. The normalized spacial score (nSPS) is 11.8. The van der Waals surface area contributed by atoms with E-state index in [1.807, 2.05) is 41.5 Å². The zero-order valence-corrected chi connectivity index (χ0v) is 30.5. The van der Waals surface area contributed by atoms with E-state index in [-0.39, 0.29) is 40.6 Å². The lowest BCUT2D eigenvalue weighted by Gasteiger charge is -2.21. The van der Waals surface area contributed by atoms with Gasteiger partial charge in [-0.25, -0.2) is 9.59 Å². The van der Waals surface area contributed by atoms with E-state index in [0.717, 1.165) is 0 Å². The van der Waals surface area contributed by atoms with Crippen LogP contribution in [0.4, 0.5) is 21.9 Å². The second-order valence-corrected chi connectivity index (χ2v) is 13.4. The number of carbonyl (C=O) groups is 4. The number of anilines is 3. The third-order valence-electron chi connectivity index (χ3n) is 6.86. The maximum atomic E-state index is 13.5. The number of carbonyl (C=O) groups excluding carboxylic acids is 4. The Morgan fingerprint density at radius 3 is 1.66 bits per heavy atom. The Labute approximate surface area is 294 Å². The van der Waals surface area contributed by atoms with Crippen molar-refractivity contribution in [2.24, 2.45) is 5.92 Å². The first-order chi connectivity index (χ1) is 23.5. The average Bonchev–Trinajstić information content (AvgIpc) is 3.04. The molecule has 3 aromatic carbocycles. The van der Waals surface area contributed by atoms with Gasteiger partial charge in [0.2, 0.25) is 0 Å². The molecule has 270 valence electrons. The summed E-state index contributed by atoms with van der Waals surface area (Å²) in [5.41, 5.74) is 1.17. The van der Waals surface area contributed by atoms with Gasteiger partial charge in [-0.05, 0) is 108 Å². The third-order valence-corrected chi connectivity index (χ3v) is 6.86. The van der Waals surface area contributed by atoms with Gasteiger partial charge in [-0.1, -0.05) is 20.8 Å². The maximum absolute atomic E-state index is 13.5. The zero-order valence-electron chi connectivity index (χ0n) is 30.5. The quantitative estimate of drug-likeness (QED) is 0.142. The van der Waals surface area contributed by atoms with Gasteiger partial charge < -0.3 is 34.3 Å². The number of hydrogen-bond acceptors (Lipinski definition) is 9. The Morgan fingerprint density at radius 2 is 1.16 bits per heavy atom. The average molecular weight is 692 g/mol. The Hall–Kier alpha value is -5.26. The van der Waals surface area contributed by atoms with Crippen LogP contribution in [0.2, 0.25) is 0 Å². The van der Waals surface area contributed by atoms with Gasteiger partial charge in [0.15, 0.2) is 0 Å². The largest absolute Gasteiger partial charge is 0.491 e. The van der Waals surface area contributed by atoms with Crippen molar-refractivity contribution in [1.82, 2.24) is 0 Å². The molecule has 12 heteroatoms. The molecule has 3 rings (SSSR count). The molecule has 1 unspecified atom stereocenters. The molecule has 3 N–H and O–H groups in total. The van der Waals surface area contributed by atoms with Crippen molar-refractivity contribution < 1.29 is 42.9 Å². The van der Waals surface area contributed by atoms with E-state index in [1.54, 1.807) is 63.2 Å². The fourth-order valence-electron chi connectivity index (χ4n) is 4.33. The summed E-state index contributed by atoms with van der Waals surface area (Å²) in [6, 6.07) is 14.0. The summed E-state index contributed by atoms with van der Waals surface area (Å²) < 4.78 is 28.2. The summed E-state index contributed by atoms with van der Waals surface area (Å²) in [5, 5.41) is 8.41. The molecule has 0 saturated heterocycles. The minimum absolute atomic E-state index is 0.158. The Balaban J connectivity index is 1.90. The van der Waals surface area contributed by atoms with Gasteiger partial charge in [-0.3, -0.25) is 14.9 Å². The first kappa shape index (κ1) is 39.2. The van der Waals surface area contributed by atoms with Crippen molar-refractivity contribution in [3.8, 4) is 17.2 Å². The van der Waals surface area contributed by atoms with Gasteiger partial charge in [-0.15, -0.1) is 0 Å². The Bertz CT molecular complexity index is 1680. The predicted octanol–water partition coefficient (Wildman–Crippen LogP) is 8.32. The number of ether oxygens (including phenoxy) is 5. The van der Waals surface area contributed by atoms with E-state index >= 15 is 0 Å². The van der Waals surface area contributed by atoms with Crippen LogP contribution in [0.15, 0.2) is 54.6 Å². The van der Waals surface area contributed by atoms with Gasteiger partial charge in [0.25, 0.3) is 11.8 Å². The van der Waals surface area contributed by atoms with E-state index in [2.05, 4.69) is 16.0 Å². The second kappa shape index (κ2) is 17.4. The van der Waals surface area contributed by atoms with Crippen molar-refractivity contribution in [3.05, 3.63) is 71.3 Å². The van der Waals surface area contributed by atoms with Crippen molar-refractivity contribution in [2.75, 3.05) is 29.7 Å². The second-order valence-electron chi connectivity index (χ2n) is 13.4. The maximum Gasteiger partial charge on any atom is 0.412 e. The summed E-state index contributed by atoms with van der Waals surface area (Å²) in [4.78, 5) is 51.6. The lowest BCUT2D eigenvalue weighted by atomic mass is 10.1. The molecule has 0 heterocycles. The number of benzene rings is 3. The molecule has 0 aromatic heterocycles. The minimum atomic E-state index is -0.698. The summed E-state index contributed by atoms with van der Waals surface area (Å²) in [6.45, 7) is 17.1. The van der Waals surface area contributed by atoms with Gasteiger partial charge in [0.1, 0.15) is 22.8 Å². The highest BCUT2D eigenvalue weighted by molar-refractivity contribution is 6.08. The molecular weight excluding hydrogens is 642 g/mol. The van der Waals surface area contributed by atoms with Crippen molar-refractivity contribution in [3.63, 3.8) is 0 Å². The number of methoxy groups -OCH3 is 1. The molecular formula is C38H49N3O9. The molecule has 0 radical (unpaired) electrons. The highest BCUT2D eigenvalue weighted by atomic mass is 16.6. The van der Waals surface area contributed by atoms with E-state index in [4.69, 9.17) is 23.7 Å². The smallest absolute Gasteiger partial charge is 0.412 e. The molecule has 0 bridgehead atoms. The monoisotopic (exact) mass is 691 g/mol. The van der Waals surface area contributed by atoms with E-state index in [1.165, 1.54) is 19.2 Å². The van der Waals surface area contributed by atoms with Gasteiger partial charge in [0.05, 0.1) is 48.6 Å². The first-order valence-corrected chi connectivity index (χ1v) is 16.6. The molecule has 3 aromatic rings. The molecule has 12 nitrogen and oxygen atoms in total. The number of rotatable bonds is 14. The third kappa shape index (κ3) is 11.7. The topological polar surface area (TPSA) is 151 Å². The molecule has 50 heavy (non-hydrogen) atoms. The van der Waals surface area contributed by atoms with Crippen molar-refractivity contribution in [1.29, 1.82) is 0 Å². The molecule has 0 fully saturated rings. The zero-order chi connectivity index (χ0) is 37.2. The van der Waals surface area contributed by atoms with E-state index in [0.29, 0.717) is 41.6 Å². The van der Waals surface area contributed by atoms with Crippen LogP contribution >= 0.6 is 0 Å². The molecule has 0 spiro atoms. The van der Waals surface area contributed by atoms with Crippen LogP contribution in [0.25, 0.3) is 0 Å². The van der Waals surface area contributed by atoms with Crippen LogP contribution < -0.4 is 30.2 Å². The van der Waals surface area contributed by atoms with Crippen LogP contribution in [-0.4, -0.2) is 55.4 Å². The molecule has 3 amide bonds. The SMILES string of the molecule is CCC(C)Oc1cc(C(=O)OC)ccc1NC(=O)c1ccc(NC(=O)c2ccc(NC(=O)OC(C)(C)C)c(OC(C)C)c2)c(OCC(C)C)c1. The lowest BCUT2D eigenvalue weighted by Crippen LogP contribution is -2.27. The number of amides is 3. The van der Waals surface area contributed by atoms with Crippen LogP contribution in [0.1, 0.15) is 99.8 Å². The van der Waals surface area contributed by atoms with Crippen molar-refractivity contribution >= 4 is 40.9 Å². The lowest BCUT2D eigenvalue weighted by molar-refractivity contribution is 0.0597. The number of hydrogen-bond donors (Lipinski definition) is 3. The van der Waals surface area contributed by atoms with E-state index < -0.39 is 29.5 Å². The highest BCUT2D eigenvalue weighted by Gasteiger charge is 2.21. The first-order valence-electron chi connectivity index (χ1n) is 16.6. The fraction of sp³-hybridized carbons (Fsp3) is 0.421. The van der Waals surface area contributed by atoms with Crippen LogP contribution in [0.3, 0.4) is 0 Å². The summed E-state index contributed by atoms with van der Waals surface area (Å²) in [6.07, 6.45) is -0.371. The van der Waals surface area contributed by atoms with Crippen LogP contribution in [0.5, 0.6) is 17.2 Å². The Kier molecular flexibility index (Phi) is 13.6. The summed E-state index contributed by atoms with van der Waals surface area (Å²) in [5.74, 6) is -0.392. The van der Waals surface area contributed by atoms with Gasteiger partial charge in [0, 0.05) is 11.1 Å². The molecule has 0 aliphatic rings. The standard InChI is InChI=1S/C38H49N3O9/c1-11-24(6)49-33-20-27(36(44)46-10)14-17-29(33)40-34(42)25-12-15-28(31(18-25)47-21-22(2)3)39-35(43)26-13-16-30(32(19-26)48-23(4)5)41-37(45)50-38(7,8)9/h12-20,22-24H,11,21H2,1-10H3,(H,39,43)(H,40,42)(H,41,45). The molecule has 0 saturated carbocycles. The predicted molar refractivity (Wildman–Crippen MR) is 193 cm³/mol. The number of esters is 1.